The lowest BCUT2D eigenvalue weighted by atomic mass is 10.0. The van der Waals surface area contributed by atoms with Crippen LogP contribution >= 0.6 is 0 Å². The molecule has 0 saturated carbocycles. The highest BCUT2D eigenvalue weighted by Gasteiger charge is 2.01. The van der Waals surface area contributed by atoms with Crippen molar-refractivity contribution in [3.8, 4) is 0 Å². The third-order valence-electron chi connectivity index (χ3n) is 3.67. The fourth-order valence-electron chi connectivity index (χ4n) is 2.30. The second-order valence-electron chi connectivity index (χ2n) is 6.35. The molecule has 25 heavy (non-hydrogen) atoms. The number of aliphatic imine (C=N–C) groups is 1. The molecule has 0 amide bonds. The molecule has 0 atom stereocenters. The van der Waals surface area contributed by atoms with E-state index in [9.17, 15) is 8.42 Å². The van der Waals surface area contributed by atoms with E-state index in [1.165, 1.54) is 11.1 Å². The van der Waals surface area contributed by atoms with Crippen LogP contribution in [0.2, 0.25) is 0 Å². The summed E-state index contributed by atoms with van der Waals surface area (Å²) in [5, 5.41) is 6.28. The molecule has 0 heterocycles. The highest BCUT2D eigenvalue weighted by atomic mass is 32.2. The summed E-state index contributed by atoms with van der Waals surface area (Å²) >= 11 is 0. The zero-order chi connectivity index (χ0) is 18.7. The van der Waals surface area contributed by atoms with Crippen LogP contribution in [-0.4, -0.2) is 46.8 Å². The normalized spacial score (nSPS) is 12.4. The Labute approximate surface area is 152 Å². The van der Waals surface area contributed by atoms with Gasteiger partial charge in [-0.1, -0.05) is 38.1 Å². The number of hydrogen-bond acceptors (Lipinski definition) is 3. The molecule has 0 bridgehead atoms. The Morgan fingerprint density at radius 1 is 1.12 bits per heavy atom. The maximum atomic E-state index is 11.0. The van der Waals surface area contributed by atoms with Crippen molar-refractivity contribution < 1.29 is 8.42 Å². The quantitative estimate of drug-likeness (QED) is 0.334. The molecule has 0 unspecified atom stereocenters. The Kier molecular flexibility index (Phi) is 9.52. The summed E-state index contributed by atoms with van der Waals surface area (Å²) in [5.41, 5.74) is 2.69. The van der Waals surface area contributed by atoms with Crippen LogP contribution in [-0.2, 0) is 16.4 Å². The maximum Gasteiger partial charge on any atom is 0.208 e. The Morgan fingerprint density at radius 3 is 2.36 bits per heavy atom. The molecule has 1 aromatic rings. The van der Waals surface area contributed by atoms with Crippen LogP contribution in [0.1, 0.15) is 44.2 Å². The zero-order valence-corrected chi connectivity index (χ0v) is 16.6. The van der Waals surface area contributed by atoms with Gasteiger partial charge in [0.05, 0.1) is 6.26 Å². The summed E-state index contributed by atoms with van der Waals surface area (Å²) < 4.78 is 24.5. The molecular weight excluding hydrogens is 336 g/mol. The van der Waals surface area contributed by atoms with Crippen molar-refractivity contribution in [1.82, 2.24) is 15.4 Å². The minimum Gasteiger partial charge on any atom is -0.357 e. The average molecular weight is 369 g/mol. The van der Waals surface area contributed by atoms with Gasteiger partial charge in [0, 0.05) is 26.2 Å². The van der Waals surface area contributed by atoms with E-state index in [1.807, 2.05) is 6.92 Å². The van der Waals surface area contributed by atoms with Crippen molar-refractivity contribution in [2.45, 2.75) is 39.5 Å². The summed E-state index contributed by atoms with van der Waals surface area (Å²) in [7, 11) is -3.14. The SMILES string of the molecule is CCNC(=NCCCc1ccc(C(C)C)cc1)NCCNS(C)(=O)=O. The van der Waals surface area contributed by atoms with Gasteiger partial charge in [-0.3, -0.25) is 4.99 Å². The van der Waals surface area contributed by atoms with Gasteiger partial charge in [-0.05, 0) is 36.8 Å². The topological polar surface area (TPSA) is 82.6 Å². The van der Waals surface area contributed by atoms with Gasteiger partial charge in [0.1, 0.15) is 0 Å². The highest BCUT2D eigenvalue weighted by Crippen LogP contribution is 2.15. The molecule has 0 fully saturated rings. The molecule has 6 nitrogen and oxygen atoms in total. The van der Waals surface area contributed by atoms with Crippen molar-refractivity contribution in [2.24, 2.45) is 4.99 Å². The molecule has 0 spiro atoms. The third kappa shape index (κ3) is 10.1. The predicted octanol–water partition coefficient (Wildman–Crippen LogP) is 1.85. The molecule has 142 valence electrons. The Hall–Kier alpha value is -1.60. The molecule has 3 N–H and O–H groups in total. The van der Waals surface area contributed by atoms with E-state index in [0.717, 1.165) is 32.2 Å². The Balaban J connectivity index is 2.36. The van der Waals surface area contributed by atoms with Gasteiger partial charge < -0.3 is 10.6 Å². The number of hydrogen-bond donors (Lipinski definition) is 3. The van der Waals surface area contributed by atoms with Gasteiger partial charge in [0.2, 0.25) is 10.0 Å². The van der Waals surface area contributed by atoms with Gasteiger partial charge >= 0.3 is 0 Å². The van der Waals surface area contributed by atoms with Crippen molar-refractivity contribution in [3.63, 3.8) is 0 Å². The van der Waals surface area contributed by atoms with Crippen molar-refractivity contribution in [1.29, 1.82) is 0 Å². The summed E-state index contributed by atoms with van der Waals surface area (Å²) in [6, 6.07) is 8.78. The van der Waals surface area contributed by atoms with Crippen LogP contribution in [0.5, 0.6) is 0 Å². The van der Waals surface area contributed by atoms with Gasteiger partial charge in [-0.2, -0.15) is 0 Å². The Morgan fingerprint density at radius 2 is 1.80 bits per heavy atom. The lowest BCUT2D eigenvalue weighted by Crippen LogP contribution is -2.41. The molecule has 0 aromatic heterocycles. The monoisotopic (exact) mass is 368 g/mol. The first kappa shape index (κ1) is 21.4. The molecule has 1 rings (SSSR count). The van der Waals surface area contributed by atoms with Crippen LogP contribution < -0.4 is 15.4 Å². The van der Waals surface area contributed by atoms with E-state index >= 15 is 0 Å². The van der Waals surface area contributed by atoms with E-state index < -0.39 is 10.0 Å². The number of sulfonamides is 1. The van der Waals surface area contributed by atoms with E-state index in [4.69, 9.17) is 0 Å². The largest absolute Gasteiger partial charge is 0.357 e. The molecule has 0 aliphatic carbocycles. The minimum absolute atomic E-state index is 0.339. The minimum atomic E-state index is -3.14. The molecule has 0 radical (unpaired) electrons. The van der Waals surface area contributed by atoms with Crippen molar-refractivity contribution in [2.75, 3.05) is 32.4 Å². The molecule has 1 aromatic carbocycles. The van der Waals surface area contributed by atoms with Crippen LogP contribution in [0.15, 0.2) is 29.3 Å². The molecule has 0 aliphatic rings. The van der Waals surface area contributed by atoms with Gasteiger partial charge in [0.25, 0.3) is 0 Å². The second-order valence-corrected chi connectivity index (χ2v) is 8.19. The molecule has 0 saturated heterocycles. The van der Waals surface area contributed by atoms with Gasteiger partial charge in [-0.15, -0.1) is 0 Å². The summed E-state index contributed by atoms with van der Waals surface area (Å²) in [6.45, 7) is 8.72. The van der Waals surface area contributed by atoms with Crippen LogP contribution in [0.3, 0.4) is 0 Å². The second kappa shape index (κ2) is 11.1. The smallest absolute Gasteiger partial charge is 0.208 e. The summed E-state index contributed by atoms with van der Waals surface area (Å²) in [4.78, 5) is 4.53. The first-order valence-corrected chi connectivity index (χ1v) is 10.8. The zero-order valence-electron chi connectivity index (χ0n) is 15.8. The fraction of sp³-hybridized carbons (Fsp3) is 0.611. The van der Waals surface area contributed by atoms with E-state index in [1.54, 1.807) is 0 Å². The molecule has 0 aliphatic heterocycles. The van der Waals surface area contributed by atoms with E-state index in [-0.39, 0.29) is 0 Å². The lowest BCUT2D eigenvalue weighted by molar-refractivity contribution is 0.586. The highest BCUT2D eigenvalue weighted by molar-refractivity contribution is 7.88. The molecular formula is C18H32N4O2S. The number of aryl methyl sites for hydroxylation is 1. The number of guanidine groups is 1. The fourth-order valence-corrected chi connectivity index (χ4v) is 2.78. The lowest BCUT2D eigenvalue weighted by Gasteiger charge is -2.11. The van der Waals surface area contributed by atoms with E-state index in [2.05, 4.69) is 58.5 Å². The first-order valence-electron chi connectivity index (χ1n) is 8.87. The standard InChI is InChI=1S/C18H32N4O2S/c1-5-19-18(21-13-14-22-25(4,23)24)20-12-6-7-16-8-10-17(11-9-16)15(2)3/h8-11,15,22H,5-7,12-14H2,1-4H3,(H2,19,20,21). The van der Waals surface area contributed by atoms with Crippen LogP contribution in [0.25, 0.3) is 0 Å². The summed E-state index contributed by atoms with van der Waals surface area (Å²) in [6.07, 6.45) is 3.12. The average Bonchev–Trinajstić information content (AvgIpc) is 2.55. The summed E-state index contributed by atoms with van der Waals surface area (Å²) in [5.74, 6) is 1.28. The van der Waals surface area contributed by atoms with Crippen molar-refractivity contribution in [3.05, 3.63) is 35.4 Å². The number of nitrogens with zero attached hydrogens (tertiary/aromatic N) is 1. The Bertz CT molecular complexity index is 625. The third-order valence-corrected chi connectivity index (χ3v) is 4.39. The predicted molar refractivity (Wildman–Crippen MR) is 106 cm³/mol. The van der Waals surface area contributed by atoms with Crippen LogP contribution in [0.4, 0.5) is 0 Å². The van der Waals surface area contributed by atoms with Crippen molar-refractivity contribution >= 4 is 16.0 Å². The first-order chi connectivity index (χ1) is 11.8. The number of nitrogens with one attached hydrogen (secondary N) is 3. The molecule has 7 heteroatoms. The number of rotatable bonds is 10. The van der Waals surface area contributed by atoms with Gasteiger partial charge in [0.15, 0.2) is 5.96 Å². The number of benzene rings is 1. The van der Waals surface area contributed by atoms with Gasteiger partial charge in [-0.25, -0.2) is 13.1 Å². The maximum absolute atomic E-state index is 11.0. The van der Waals surface area contributed by atoms with E-state index in [0.29, 0.717) is 25.0 Å². The van der Waals surface area contributed by atoms with Crippen LogP contribution in [0, 0.1) is 0 Å².